The first-order valence-electron chi connectivity index (χ1n) is 9.90. The van der Waals surface area contributed by atoms with Gasteiger partial charge in [0, 0.05) is 24.8 Å². The number of ether oxygens (including phenoxy) is 1. The molecule has 2 aliphatic carbocycles. The molecule has 0 N–H and O–H groups in total. The van der Waals surface area contributed by atoms with Gasteiger partial charge >= 0.3 is 6.18 Å². The second-order valence-electron chi connectivity index (χ2n) is 8.61. The van der Waals surface area contributed by atoms with E-state index in [1.165, 1.54) is 25.0 Å². The molecule has 0 aromatic heterocycles. The molecule has 29 heavy (non-hydrogen) atoms. The molecule has 4 rings (SSSR count). The van der Waals surface area contributed by atoms with Gasteiger partial charge in [-0.1, -0.05) is 46.3 Å². The van der Waals surface area contributed by atoms with Gasteiger partial charge in [-0.25, -0.2) is 0 Å². The van der Waals surface area contributed by atoms with E-state index < -0.39 is 11.7 Å². The summed E-state index contributed by atoms with van der Waals surface area (Å²) in [4.78, 5) is 2.36. The van der Waals surface area contributed by atoms with Gasteiger partial charge in [-0.15, -0.1) is 0 Å². The van der Waals surface area contributed by atoms with Gasteiger partial charge in [-0.05, 0) is 60.5 Å². The smallest absolute Gasteiger partial charge is 0.416 e. The van der Waals surface area contributed by atoms with Crippen LogP contribution in [-0.2, 0) is 6.18 Å². The highest BCUT2D eigenvalue weighted by atomic mass is 79.9. The number of alkyl halides is 4. The van der Waals surface area contributed by atoms with Crippen LogP contribution in [0.3, 0.4) is 0 Å². The van der Waals surface area contributed by atoms with Crippen molar-refractivity contribution in [3.63, 3.8) is 0 Å². The van der Waals surface area contributed by atoms with Crippen molar-refractivity contribution in [2.24, 2.45) is 10.8 Å². The summed E-state index contributed by atoms with van der Waals surface area (Å²) in [7, 11) is 2.14. The summed E-state index contributed by atoms with van der Waals surface area (Å²) in [6.45, 7) is 1.97. The number of benzene rings is 2. The highest BCUT2D eigenvalue weighted by Crippen LogP contribution is 2.86. The zero-order chi connectivity index (χ0) is 20.7. The summed E-state index contributed by atoms with van der Waals surface area (Å²) in [5, 5.41) is 1.09. The van der Waals surface area contributed by atoms with Crippen molar-refractivity contribution >= 4 is 15.9 Å². The third kappa shape index (κ3) is 4.33. The molecule has 6 heteroatoms. The minimum atomic E-state index is -4.34. The van der Waals surface area contributed by atoms with Gasteiger partial charge in [0.25, 0.3) is 0 Å². The lowest BCUT2D eigenvalue weighted by molar-refractivity contribution is -0.137. The zero-order valence-electron chi connectivity index (χ0n) is 16.4. The molecule has 0 bridgehead atoms. The maximum absolute atomic E-state index is 12.8. The molecule has 0 amide bonds. The predicted octanol–water partition coefficient (Wildman–Crippen LogP) is 6.32. The second-order valence-corrected chi connectivity index (χ2v) is 9.17. The predicted molar refractivity (Wildman–Crippen MR) is 111 cm³/mol. The standard InChI is InChI=1S/C23H25BrF3NO/c1-28(16-22-13-21(22,14-22)15-24)12-11-20(17-5-3-2-4-6-17)29-19-9-7-18(8-10-19)23(25,26)27/h2-10,20H,11-16H2,1H3. The second kappa shape index (κ2) is 7.62. The Labute approximate surface area is 178 Å². The fraction of sp³-hybridized carbons (Fsp3) is 0.478. The Morgan fingerprint density at radius 1 is 1.03 bits per heavy atom. The van der Waals surface area contributed by atoms with E-state index in [2.05, 4.69) is 27.9 Å². The topological polar surface area (TPSA) is 12.5 Å². The summed E-state index contributed by atoms with van der Waals surface area (Å²) < 4.78 is 44.5. The van der Waals surface area contributed by atoms with Crippen LogP contribution in [0.5, 0.6) is 5.75 Å². The minimum absolute atomic E-state index is 0.202. The van der Waals surface area contributed by atoms with E-state index in [0.717, 1.165) is 42.5 Å². The van der Waals surface area contributed by atoms with E-state index >= 15 is 0 Å². The monoisotopic (exact) mass is 467 g/mol. The minimum Gasteiger partial charge on any atom is -0.486 e. The molecule has 1 atom stereocenters. The van der Waals surface area contributed by atoms with Crippen LogP contribution in [0.15, 0.2) is 54.6 Å². The number of nitrogens with zero attached hydrogens (tertiary/aromatic N) is 1. The molecule has 0 spiro atoms. The van der Waals surface area contributed by atoms with Gasteiger partial charge in [0.1, 0.15) is 11.9 Å². The molecule has 2 aromatic carbocycles. The summed E-state index contributed by atoms with van der Waals surface area (Å²) in [6.07, 6.45) is -1.12. The summed E-state index contributed by atoms with van der Waals surface area (Å²) in [6, 6.07) is 14.8. The SMILES string of the molecule is CN(CCC(Oc1ccc(C(F)(F)F)cc1)c1ccccc1)CC12CC1(CBr)C2. The number of hydrogen-bond acceptors (Lipinski definition) is 2. The number of halogens is 4. The first kappa shape index (κ1) is 20.7. The Kier molecular flexibility index (Phi) is 5.45. The molecule has 1 unspecified atom stereocenters. The third-order valence-corrected chi connectivity index (χ3v) is 7.53. The Morgan fingerprint density at radius 3 is 2.24 bits per heavy atom. The lowest BCUT2D eigenvalue weighted by atomic mass is 10.1. The van der Waals surface area contributed by atoms with Gasteiger partial charge in [-0.2, -0.15) is 13.2 Å². The number of fused-ring (bicyclic) bond motifs is 1. The summed E-state index contributed by atoms with van der Waals surface area (Å²) in [5.41, 5.74) is 1.44. The van der Waals surface area contributed by atoms with Gasteiger partial charge in [0.15, 0.2) is 0 Å². The van der Waals surface area contributed by atoms with E-state index in [1.807, 2.05) is 30.3 Å². The number of rotatable bonds is 9. The Morgan fingerprint density at radius 2 is 1.69 bits per heavy atom. The van der Waals surface area contributed by atoms with E-state index in [1.54, 1.807) is 0 Å². The molecule has 2 nitrogen and oxygen atoms in total. The van der Waals surface area contributed by atoms with Crippen molar-refractivity contribution in [1.29, 1.82) is 0 Å². The van der Waals surface area contributed by atoms with Gasteiger partial charge in [0.2, 0.25) is 0 Å². The zero-order valence-corrected chi connectivity index (χ0v) is 18.0. The summed E-state index contributed by atoms with van der Waals surface area (Å²) in [5.74, 6) is 0.454. The van der Waals surface area contributed by atoms with E-state index in [9.17, 15) is 13.2 Å². The van der Waals surface area contributed by atoms with Gasteiger partial charge < -0.3 is 9.64 Å². The normalized spacial score (nSPS) is 26.1. The van der Waals surface area contributed by atoms with Crippen molar-refractivity contribution < 1.29 is 17.9 Å². The Bertz CT molecular complexity index is 831. The van der Waals surface area contributed by atoms with Crippen molar-refractivity contribution in [1.82, 2.24) is 4.90 Å². The molecule has 2 aliphatic rings. The van der Waals surface area contributed by atoms with Crippen LogP contribution < -0.4 is 4.74 Å². The van der Waals surface area contributed by atoms with Crippen LogP contribution in [0, 0.1) is 10.8 Å². The lowest BCUT2D eigenvalue weighted by Gasteiger charge is -2.24. The maximum atomic E-state index is 12.8. The largest absolute Gasteiger partial charge is 0.486 e. The molecule has 0 heterocycles. The number of hydrogen-bond donors (Lipinski definition) is 0. The molecule has 0 saturated heterocycles. The van der Waals surface area contributed by atoms with E-state index in [0.29, 0.717) is 16.6 Å². The van der Waals surface area contributed by atoms with Crippen LogP contribution in [-0.4, -0.2) is 30.4 Å². The van der Waals surface area contributed by atoms with Crippen molar-refractivity contribution in [2.75, 3.05) is 25.5 Å². The van der Waals surface area contributed by atoms with Crippen LogP contribution >= 0.6 is 15.9 Å². The van der Waals surface area contributed by atoms with Crippen molar-refractivity contribution in [3.8, 4) is 5.75 Å². The Balaban J connectivity index is 1.39. The molecule has 0 radical (unpaired) electrons. The van der Waals surface area contributed by atoms with E-state index in [-0.39, 0.29) is 6.10 Å². The van der Waals surface area contributed by atoms with Crippen LogP contribution in [0.1, 0.15) is 36.5 Å². The fourth-order valence-electron chi connectivity index (χ4n) is 4.45. The molecular formula is C23H25BrF3NO. The Hall–Kier alpha value is -1.53. The molecule has 156 valence electrons. The van der Waals surface area contributed by atoms with Gasteiger partial charge in [0.05, 0.1) is 5.56 Å². The van der Waals surface area contributed by atoms with Crippen molar-refractivity contribution in [3.05, 3.63) is 65.7 Å². The van der Waals surface area contributed by atoms with Crippen molar-refractivity contribution in [2.45, 2.75) is 31.5 Å². The average molecular weight is 468 g/mol. The molecular weight excluding hydrogens is 443 g/mol. The highest BCUT2D eigenvalue weighted by Gasteiger charge is 2.81. The van der Waals surface area contributed by atoms with Crippen LogP contribution in [0.4, 0.5) is 13.2 Å². The van der Waals surface area contributed by atoms with E-state index in [4.69, 9.17) is 4.74 Å². The molecule has 2 fully saturated rings. The molecule has 0 aliphatic heterocycles. The highest BCUT2D eigenvalue weighted by molar-refractivity contribution is 9.09. The molecule has 2 saturated carbocycles. The lowest BCUT2D eigenvalue weighted by Crippen LogP contribution is -2.26. The molecule has 2 aromatic rings. The maximum Gasteiger partial charge on any atom is 0.416 e. The first-order chi connectivity index (χ1) is 13.8. The third-order valence-electron chi connectivity index (χ3n) is 6.46. The fourth-order valence-corrected chi connectivity index (χ4v) is 5.44. The van der Waals surface area contributed by atoms with Crippen LogP contribution in [0.25, 0.3) is 0 Å². The van der Waals surface area contributed by atoms with Gasteiger partial charge in [-0.3, -0.25) is 0 Å². The van der Waals surface area contributed by atoms with Crippen LogP contribution in [0.2, 0.25) is 0 Å². The summed E-state index contributed by atoms with van der Waals surface area (Å²) >= 11 is 3.64. The first-order valence-corrected chi connectivity index (χ1v) is 11.0. The quantitative estimate of drug-likeness (QED) is 0.400. The average Bonchev–Trinajstić information content (AvgIpc) is 3.51.